The summed E-state index contributed by atoms with van der Waals surface area (Å²) < 4.78 is 2.17. The normalized spacial score (nSPS) is 10.6. The topological polar surface area (TPSA) is 25.2 Å². The minimum Gasteiger partial charge on any atom is -0.390 e. The highest BCUT2D eigenvalue weighted by Crippen LogP contribution is 2.14. The highest BCUT2D eigenvalue weighted by atomic mass is 16.3. The van der Waals surface area contributed by atoms with Crippen molar-refractivity contribution in [2.45, 2.75) is 26.5 Å². The average Bonchev–Trinajstić information content (AvgIpc) is 2.72. The number of hydrogen-bond acceptors (Lipinski definition) is 1. The first kappa shape index (κ1) is 11.0. The molecule has 1 N–H and O–H groups in total. The van der Waals surface area contributed by atoms with Gasteiger partial charge in [0.05, 0.1) is 6.61 Å². The van der Waals surface area contributed by atoms with Gasteiger partial charge in [-0.1, -0.05) is 30.3 Å². The first-order valence-electron chi connectivity index (χ1n) is 5.67. The van der Waals surface area contributed by atoms with Gasteiger partial charge in [0.2, 0.25) is 0 Å². The Morgan fingerprint density at radius 3 is 2.31 bits per heavy atom. The van der Waals surface area contributed by atoms with Gasteiger partial charge in [0.25, 0.3) is 0 Å². The van der Waals surface area contributed by atoms with Crippen LogP contribution in [0.1, 0.15) is 23.9 Å². The smallest absolute Gasteiger partial charge is 0.0832 e. The molecule has 0 spiro atoms. The molecule has 0 saturated carbocycles. The number of benzene rings is 1. The summed E-state index contributed by atoms with van der Waals surface area (Å²) in [7, 11) is 0. The molecule has 0 bridgehead atoms. The van der Waals surface area contributed by atoms with Gasteiger partial charge in [-0.15, -0.1) is 0 Å². The lowest BCUT2D eigenvalue weighted by molar-refractivity contribution is 0.270. The minimum absolute atomic E-state index is 0.114. The molecule has 1 aromatic heterocycles. The quantitative estimate of drug-likeness (QED) is 0.833. The first-order valence-corrected chi connectivity index (χ1v) is 5.67. The number of aliphatic hydroxyl groups is 1. The van der Waals surface area contributed by atoms with E-state index in [-0.39, 0.29) is 6.61 Å². The Hall–Kier alpha value is -1.54. The van der Waals surface area contributed by atoms with E-state index in [1.807, 2.05) is 12.1 Å². The van der Waals surface area contributed by atoms with Gasteiger partial charge < -0.3 is 9.67 Å². The summed E-state index contributed by atoms with van der Waals surface area (Å²) >= 11 is 0. The van der Waals surface area contributed by atoms with Crippen LogP contribution in [0.15, 0.2) is 42.5 Å². The lowest BCUT2D eigenvalue weighted by Gasteiger charge is -2.09. The molecule has 0 aliphatic carbocycles. The fourth-order valence-corrected chi connectivity index (χ4v) is 2.06. The average molecular weight is 215 g/mol. The van der Waals surface area contributed by atoms with Gasteiger partial charge in [-0.2, -0.15) is 0 Å². The van der Waals surface area contributed by atoms with Crippen LogP contribution in [0.3, 0.4) is 0 Å². The van der Waals surface area contributed by atoms with E-state index in [1.165, 1.54) is 11.3 Å². The molecule has 1 heterocycles. The zero-order valence-electron chi connectivity index (χ0n) is 9.56. The Morgan fingerprint density at radius 2 is 1.69 bits per heavy atom. The third-order valence-electron chi connectivity index (χ3n) is 2.87. The maximum absolute atomic E-state index is 9.21. The molecule has 2 nitrogen and oxygen atoms in total. The minimum atomic E-state index is 0.114. The largest absolute Gasteiger partial charge is 0.390 e. The van der Waals surface area contributed by atoms with Crippen LogP contribution in [0.2, 0.25) is 0 Å². The van der Waals surface area contributed by atoms with E-state index < -0.39 is 0 Å². The Morgan fingerprint density at radius 1 is 1.00 bits per heavy atom. The van der Waals surface area contributed by atoms with E-state index in [4.69, 9.17) is 0 Å². The van der Waals surface area contributed by atoms with Crippen molar-refractivity contribution in [3.63, 3.8) is 0 Å². The van der Waals surface area contributed by atoms with E-state index >= 15 is 0 Å². The molecule has 0 radical (unpaired) electrons. The molecular formula is C14H17NO. The summed E-state index contributed by atoms with van der Waals surface area (Å²) in [5.41, 5.74) is 3.56. The highest BCUT2D eigenvalue weighted by molar-refractivity contribution is 5.25. The van der Waals surface area contributed by atoms with Crippen molar-refractivity contribution < 1.29 is 5.11 Å². The SMILES string of the molecule is CCn1c(CO)ccc1Cc1ccccc1. The molecule has 0 amide bonds. The zero-order valence-corrected chi connectivity index (χ0v) is 9.56. The summed E-state index contributed by atoms with van der Waals surface area (Å²) in [5.74, 6) is 0. The van der Waals surface area contributed by atoms with Gasteiger partial charge in [0, 0.05) is 24.4 Å². The maximum Gasteiger partial charge on any atom is 0.0832 e. The van der Waals surface area contributed by atoms with Crippen LogP contribution >= 0.6 is 0 Å². The Balaban J connectivity index is 2.25. The number of hydrogen-bond donors (Lipinski definition) is 1. The third-order valence-corrected chi connectivity index (χ3v) is 2.87. The molecule has 0 fully saturated rings. The van der Waals surface area contributed by atoms with Gasteiger partial charge >= 0.3 is 0 Å². The van der Waals surface area contributed by atoms with Gasteiger partial charge in [-0.05, 0) is 24.6 Å². The van der Waals surface area contributed by atoms with Gasteiger partial charge in [-0.3, -0.25) is 0 Å². The van der Waals surface area contributed by atoms with Crippen LogP contribution in [0.4, 0.5) is 0 Å². The lowest BCUT2D eigenvalue weighted by atomic mass is 10.1. The van der Waals surface area contributed by atoms with Crippen LogP contribution in [0, 0.1) is 0 Å². The Labute approximate surface area is 96.2 Å². The molecule has 0 aliphatic rings. The van der Waals surface area contributed by atoms with Crippen LogP contribution < -0.4 is 0 Å². The fourth-order valence-electron chi connectivity index (χ4n) is 2.06. The molecule has 2 aromatic rings. The van der Waals surface area contributed by atoms with Gasteiger partial charge in [-0.25, -0.2) is 0 Å². The van der Waals surface area contributed by atoms with Crippen molar-refractivity contribution in [2.75, 3.05) is 0 Å². The van der Waals surface area contributed by atoms with Crippen LogP contribution in [0.5, 0.6) is 0 Å². The molecule has 0 unspecified atom stereocenters. The summed E-state index contributed by atoms with van der Waals surface area (Å²) in [5, 5.41) is 9.21. The molecule has 0 aliphatic heterocycles. The van der Waals surface area contributed by atoms with Gasteiger partial charge in [0.1, 0.15) is 0 Å². The fraction of sp³-hybridized carbons (Fsp3) is 0.286. The second kappa shape index (κ2) is 4.99. The van der Waals surface area contributed by atoms with Crippen molar-refractivity contribution in [3.05, 3.63) is 59.4 Å². The van der Waals surface area contributed by atoms with Crippen LogP contribution in [-0.4, -0.2) is 9.67 Å². The predicted molar refractivity (Wildman–Crippen MR) is 65.3 cm³/mol. The van der Waals surface area contributed by atoms with Crippen molar-refractivity contribution >= 4 is 0 Å². The molecule has 0 atom stereocenters. The standard InChI is InChI=1S/C14H17NO/c1-2-15-13(8-9-14(15)11-16)10-12-6-4-3-5-7-12/h3-9,16H,2,10-11H2,1H3. The molecule has 2 rings (SSSR count). The van der Waals surface area contributed by atoms with Crippen molar-refractivity contribution in [3.8, 4) is 0 Å². The van der Waals surface area contributed by atoms with E-state index in [1.54, 1.807) is 0 Å². The van der Waals surface area contributed by atoms with E-state index in [2.05, 4.69) is 41.8 Å². The predicted octanol–water partition coefficient (Wildman–Crippen LogP) is 2.59. The molecule has 0 saturated heterocycles. The molecule has 84 valence electrons. The summed E-state index contributed by atoms with van der Waals surface area (Å²) in [6.07, 6.45) is 0.925. The number of nitrogens with zero attached hydrogens (tertiary/aromatic N) is 1. The van der Waals surface area contributed by atoms with E-state index in [9.17, 15) is 5.11 Å². The monoisotopic (exact) mass is 215 g/mol. The second-order valence-electron chi connectivity index (χ2n) is 3.88. The Kier molecular flexibility index (Phi) is 3.42. The summed E-state index contributed by atoms with van der Waals surface area (Å²) in [6.45, 7) is 3.13. The van der Waals surface area contributed by atoms with E-state index in [0.29, 0.717) is 0 Å². The molecule has 2 heteroatoms. The maximum atomic E-state index is 9.21. The molecule has 16 heavy (non-hydrogen) atoms. The van der Waals surface area contributed by atoms with Crippen LogP contribution in [-0.2, 0) is 19.6 Å². The van der Waals surface area contributed by atoms with Crippen molar-refractivity contribution in [2.24, 2.45) is 0 Å². The van der Waals surface area contributed by atoms with E-state index in [0.717, 1.165) is 18.7 Å². The van der Waals surface area contributed by atoms with Crippen molar-refractivity contribution in [1.82, 2.24) is 4.57 Å². The number of aliphatic hydroxyl groups excluding tert-OH is 1. The zero-order chi connectivity index (χ0) is 11.4. The lowest BCUT2D eigenvalue weighted by Crippen LogP contribution is -2.05. The molecular weight excluding hydrogens is 198 g/mol. The van der Waals surface area contributed by atoms with Crippen LogP contribution in [0.25, 0.3) is 0 Å². The second-order valence-corrected chi connectivity index (χ2v) is 3.88. The third kappa shape index (κ3) is 2.17. The highest BCUT2D eigenvalue weighted by Gasteiger charge is 2.06. The van der Waals surface area contributed by atoms with Gasteiger partial charge in [0.15, 0.2) is 0 Å². The number of rotatable bonds is 4. The first-order chi connectivity index (χ1) is 7.85. The Bertz CT molecular complexity index is 445. The summed E-state index contributed by atoms with van der Waals surface area (Å²) in [6, 6.07) is 14.5. The van der Waals surface area contributed by atoms with Crippen molar-refractivity contribution in [1.29, 1.82) is 0 Å². The number of aromatic nitrogens is 1. The molecule has 1 aromatic carbocycles. The summed E-state index contributed by atoms with van der Waals surface area (Å²) in [4.78, 5) is 0.